The number of nitrogens with zero attached hydrogens (tertiary/aromatic N) is 3. The Hall–Kier alpha value is -1.65. The van der Waals surface area contributed by atoms with Gasteiger partial charge in [-0.05, 0) is 11.1 Å². The predicted octanol–water partition coefficient (Wildman–Crippen LogP) is 1.36. The van der Waals surface area contributed by atoms with Gasteiger partial charge >= 0.3 is 0 Å². The molecule has 1 aromatic heterocycles. The molecule has 4 nitrogen and oxygen atoms in total. The summed E-state index contributed by atoms with van der Waals surface area (Å²) in [6.45, 7) is 4.66. The Morgan fingerprint density at radius 2 is 1.89 bits per heavy atom. The molecule has 18 heavy (non-hydrogen) atoms. The Morgan fingerprint density at radius 1 is 1.11 bits per heavy atom. The van der Waals surface area contributed by atoms with Crippen LogP contribution in [0, 0.1) is 0 Å². The third-order valence-electron chi connectivity index (χ3n) is 3.49. The largest absolute Gasteiger partial charge is 0.333 e. The van der Waals surface area contributed by atoms with Crippen molar-refractivity contribution in [2.24, 2.45) is 5.73 Å². The van der Waals surface area contributed by atoms with Gasteiger partial charge < -0.3 is 10.3 Å². The molecule has 1 aliphatic heterocycles. The van der Waals surface area contributed by atoms with E-state index >= 15 is 0 Å². The van der Waals surface area contributed by atoms with Crippen molar-refractivity contribution in [3.05, 3.63) is 53.6 Å². The second-order valence-corrected chi connectivity index (χ2v) is 4.77. The van der Waals surface area contributed by atoms with Crippen molar-refractivity contribution < 1.29 is 0 Å². The maximum Gasteiger partial charge on any atom is 0.122 e. The van der Waals surface area contributed by atoms with Gasteiger partial charge in [-0.1, -0.05) is 24.3 Å². The minimum absolute atomic E-state index is 0.613. The van der Waals surface area contributed by atoms with E-state index in [4.69, 9.17) is 5.73 Å². The van der Waals surface area contributed by atoms with Gasteiger partial charge in [0.25, 0.3) is 0 Å². The predicted molar refractivity (Wildman–Crippen MR) is 70.7 cm³/mol. The molecule has 3 rings (SSSR count). The van der Waals surface area contributed by atoms with Gasteiger partial charge in [0, 0.05) is 38.6 Å². The normalized spacial score (nSPS) is 15.6. The number of hydrogen-bond donors (Lipinski definition) is 1. The molecule has 0 aliphatic carbocycles. The second kappa shape index (κ2) is 4.92. The van der Waals surface area contributed by atoms with Crippen LogP contribution in [0.4, 0.5) is 0 Å². The van der Waals surface area contributed by atoms with E-state index in [0.717, 1.165) is 26.2 Å². The zero-order chi connectivity index (χ0) is 12.4. The summed E-state index contributed by atoms with van der Waals surface area (Å²) < 4.78 is 2.23. The fourth-order valence-corrected chi connectivity index (χ4v) is 2.40. The minimum Gasteiger partial charge on any atom is -0.333 e. The Morgan fingerprint density at radius 3 is 2.67 bits per heavy atom. The van der Waals surface area contributed by atoms with Crippen molar-refractivity contribution in [1.29, 1.82) is 0 Å². The van der Waals surface area contributed by atoms with Gasteiger partial charge in [0.05, 0.1) is 6.54 Å². The van der Waals surface area contributed by atoms with Gasteiger partial charge in [-0.3, -0.25) is 4.90 Å². The molecule has 1 aromatic carbocycles. The van der Waals surface area contributed by atoms with Crippen LogP contribution < -0.4 is 5.73 Å². The molecule has 0 spiro atoms. The van der Waals surface area contributed by atoms with Gasteiger partial charge in [-0.15, -0.1) is 0 Å². The third-order valence-corrected chi connectivity index (χ3v) is 3.49. The molecule has 2 aromatic rings. The van der Waals surface area contributed by atoms with Crippen LogP contribution in [-0.2, 0) is 26.2 Å². The van der Waals surface area contributed by atoms with E-state index in [-0.39, 0.29) is 0 Å². The fraction of sp³-hybridized carbons (Fsp3) is 0.357. The summed E-state index contributed by atoms with van der Waals surface area (Å²) in [6.07, 6.45) is 3.94. The first-order valence-electron chi connectivity index (χ1n) is 6.35. The molecule has 0 saturated carbocycles. The number of nitrogens with two attached hydrogens (primary N) is 1. The van der Waals surface area contributed by atoms with E-state index in [1.807, 2.05) is 6.20 Å². The summed E-state index contributed by atoms with van der Waals surface area (Å²) in [7, 11) is 0. The summed E-state index contributed by atoms with van der Waals surface area (Å²) in [6, 6.07) is 8.56. The van der Waals surface area contributed by atoms with Gasteiger partial charge in [0.1, 0.15) is 5.82 Å². The van der Waals surface area contributed by atoms with E-state index in [0.29, 0.717) is 6.54 Å². The molecule has 0 amide bonds. The van der Waals surface area contributed by atoms with Crippen molar-refractivity contribution in [2.45, 2.75) is 26.2 Å². The van der Waals surface area contributed by atoms with Crippen LogP contribution in [0.15, 0.2) is 36.7 Å². The number of hydrogen-bond acceptors (Lipinski definition) is 3. The topological polar surface area (TPSA) is 47.1 Å². The van der Waals surface area contributed by atoms with Crippen LogP contribution in [0.5, 0.6) is 0 Å². The molecule has 0 saturated heterocycles. The maximum absolute atomic E-state index is 5.60. The van der Waals surface area contributed by atoms with Crippen LogP contribution in [0.25, 0.3) is 0 Å². The number of fused-ring (bicyclic) bond motifs is 1. The van der Waals surface area contributed by atoms with Crippen LogP contribution >= 0.6 is 0 Å². The zero-order valence-corrected chi connectivity index (χ0v) is 10.4. The summed E-state index contributed by atoms with van der Waals surface area (Å²) in [5, 5.41) is 0. The van der Waals surface area contributed by atoms with Gasteiger partial charge in [-0.2, -0.15) is 0 Å². The summed E-state index contributed by atoms with van der Waals surface area (Å²) in [4.78, 5) is 6.81. The Labute approximate surface area is 107 Å². The standard InChI is InChI=1S/C14H18N4/c15-9-12-1-3-13(4-2-12)10-17-7-8-18-6-5-16-14(18)11-17/h1-6H,7-11,15H2. The van der Waals surface area contributed by atoms with Crippen molar-refractivity contribution in [1.82, 2.24) is 14.5 Å². The lowest BCUT2D eigenvalue weighted by Crippen LogP contribution is -2.33. The third kappa shape index (κ3) is 2.30. The lowest BCUT2D eigenvalue weighted by molar-refractivity contribution is 0.209. The molecular formula is C14H18N4. The van der Waals surface area contributed by atoms with Crippen LogP contribution in [0.1, 0.15) is 17.0 Å². The molecule has 0 radical (unpaired) electrons. The highest BCUT2D eigenvalue weighted by Gasteiger charge is 2.16. The first-order chi connectivity index (χ1) is 8.85. The van der Waals surface area contributed by atoms with E-state index in [1.54, 1.807) is 0 Å². The monoisotopic (exact) mass is 242 g/mol. The molecule has 0 fully saturated rings. The summed E-state index contributed by atoms with van der Waals surface area (Å²) in [5.41, 5.74) is 8.13. The van der Waals surface area contributed by atoms with E-state index < -0.39 is 0 Å². The van der Waals surface area contributed by atoms with Crippen LogP contribution in [0.3, 0.4) is 0 Å². The van der Waals surface area contributed by atoms with E-state index in [2.05, 4.69) is 44.9 Å². The highest BCUT2D eigenvalue weighted by molar-refractivity contribution is 5.22. The first-order valence-corrected chi connectivity index (χ1v) is 6.35. The Bertz CT molecular complexity index is 515. The average molecular weight is 242 g/mol. The van der Waals surface area contributed by atoms with Crippen LogP contribution in [0.2, 0.25) is 0 Å². The maximum atomic E-state index is 5.60. The molecule has 4 heteroatoms. The molecule has 1 aliphatic rings. The molecule has 0 atom stereocenters. The fourth-order valence-electron chi connectivity index (χ4n) is 2.40. The number of aromatic nitrogens is 2. The molecule has 94 valence electrons. The van der Waals surface area contributed by atoms with Gasteiger partial charge in [0.2, 0.25) is 0 Å². The number of benzene rings is 1. The smallest absolute Gasteiger partial charge is 0.122 e. The second-order valence-electron chi connectivity index (χ2n) is 4.77. The van der Waals surface area contributed by atoms with Gasteiger partial charge in [0.15, 0.2) is 0 Å². The quantitative estimate of drug-likeness (QED) is 0.884. The Balaban J connectivity index is 1.67. The van der Waals surface area contributed by atoms with E-state index in [9.17, 15) is 0 Å². The lowest BCUT2D eigenvalue weighted by Gasteiger charge is -2.27. The van der Waals surface area contributed by atoms with E-state index in [1.165, 1.54) is 17.0 Å². The van der Waals surface area contributed by atoms with Gasteiger partial charge in [-0.25, -0.2) is 4.98 Å². The molecule has 0 unspecified atom stereocenters. The summed E-state index contributed by atoms with van der Waals surface area (Å²) in [5.74, 6) is 1.17. The van der Waals surface area contributed by atoms with Crippen molar-refractivity contribution >= 4 is 0 Å². The lowest BCUT2D eigenvalue weighted by atomic mass is 10.1. The molecular weight excluding hydrogens is 224 g/mol. The van der Waals surface area contributed by atoms with Crippen molar-refractivity contribution in [3.63, 3.8) is 0 Å². The zero-order valence-electron chi connectivity index (χ0n) is 10.4. The molecule has 2 N–H and O–H groups in total. The minimum atomic E-state index is 0.613. The van der Waals surface area contributed by atoms with Crippen molar-refractivity contribution in [3.8, 4) is 0 Å². The highest BCUT2D eigenvalue weighted by atomic mass is 15.2. The summed E-state index contributed by atoms with van der Waals surface area (Å²) >= 11 is 0. The average Bonchev–Trinajstić information content (AvgIpc) is 2.87. The molecule has 2 heterocycles. The molecule has 0 bridgehead atoms. The SMILES string of the molecule is NCc1ccc(CN2CCn3ccnc3C2)cc1. The van der Waals surface area contributed by atoms with Crippen molar-refractivity contribution in [2.75, 3.05) is 6.54 Å². The van der Waals surface area contributed by atoms with Crippen LogP contribution in [-0.4, -0.2) is 21.0 Å². The first kappa shape index (κ1) is 11.4. The Kier molecular flexibility index (Phi) is 3.13. The number of rotatable bonds is 3. The highest BCUT2D eigenvalue weighted by Crippen LogP contribution is 2.14. The number of imidazole rings is 1.